The van der Waals surface area contributed by atoms with Gasteiger partial charge in [0.05, 0.1) is 24.0 Å². The lowest BCUT2D eigenvalue weighted by Gasteiger charge is -2.10. The number of carbonyl (C=O) groups is 2. The zero-order valence-electron chi connectivity index (χ0n) is 18.1. The average molecular weight is 486 g/mol. The van der Waals surface area contributed by atoms with Crippen LogP contribution in [-0.2, 0) is 9.59 Å². The molecule has 10 heteroatoms. The molecule has 8 nitrogen and oxygen atoms in total. The van der Waals surface area contributed by atoms with Crippen LogP contribution in [0.25, 0.3) is 0 Å². The number of hydrogen-bond donors (Lipinski definition) is 2. The van der Waals surface area contributed by atoms with Crippen molar-refractivity contribution in [3.8, 4) is 17.2 Å². The number of rotatable bonds is 10. The van der Waals surface area contributed by atoms with Gasteiger partial charge in [-0.3, -0.25) is 9.59 Å². The first-order valence-electron chi connectivity index (χ1n) is 10.0. The largest absolute Gasteiger partial charge is 0.493 e. The van der Waals surface area contributed by atoms with E-state index in [1.165, 1.54) is 31.5 Å². The number of hydrazone groups is 1. The second kappa shape index (κ2) is 12.2. The zero-order chi connectivity index (χ0) is 24.3. The smallest absolute Gasteiger partial charge is 0.277 e. The highest BCUT2D eigenvalue weighted by molar-refractivity contribution is 6.32. The third kappa shape index (κ3) is 7.21. The summed E-state index contributed by atoms with van der Waals surface area (Å²) in [6, 6.07) is 17.5. The van der Waals surface area contributed by atoms with Crippen LogP contribution in [0, 0.1) is 5.82 Å². The van der Waals surface area contributed by atoms with E-state index in [2.05, 4.69) is 15.8 Å². The first-order chi connectivity index (χ1) is 16.5. The number of nitrogens with zero attached hydrogens (tertiary/aromatic N) is 1. The summed E-state index contributed by atoms with van der Waals surface area (Å²) in [5.41, 5.74) is 2.99. The second-order valence-corrected chi connectivity index (χ2v) is 7.15. The van der Waals surface area contributed by atoms with E-state index in [0.29, 0.717) is 17.1 Å². The summed E-state index contributed by atoms with van der Waals surface area (Å²) in [6.07, 6.45) is 1.39. The highest BCUT2D eigenvalue weighted by Crippen LogP contribution is 2.26. The molecule has 0 aliphatic carbocycles. The van der Waals surface area contributed by atoms with Crippen LogP contribution in [0.5, 0.6) is 17.2 Å². The van der Waals surface area contributed by atoms with Gasteiger partial charge >= 0.3 is 0 Å². The molecule has 34 heavy (non-hydrogen) atoms. The van der Waals surface area contributed by atoms with Gasteiger partial charge in [-0.1, -0.05) is 35.9 Å². The Bertz CT molecular complexity index is 1190. The van der Waals surface area contributed by atoms with Crippen LogP contribution in [0.3, 0.4) is 0 Å². The van der Waals surface area contributed by atoms with Gasteiger partial charge in [0.1, 0.15) is 11.6 Å². The van der Waals surface area contributed by atoms with E-state index < -0.39 is 17.6 Å². The maximum atomic E-state index is 13.6. The highest BCUT2D eigenvalue weighted by atomic mass is 35.5. The summed E-state index contributed by atoms with van der Waals surface area (Å²) < 4.78 is 29.6. The number of nitrogens with one attached hydrogen (secondary N) is 2. The Hall–Kier alpha value is -4.11. The van der Waals surface area contributed by atoms with E-state index in [9.17, 15) is 14.0 Å². The quantitative estimate of drug-likeness (QED) is 0.334. The van der Waals surface area contributed by atoms with Crippen molar-refractivity contribution in [2.75, 3.05) is 25.6 Å². The van der Waals surface area contributed by atoms with Crippen molar-refractivity contribution < 1.29 is 28.2 Å². The Kier molecular flexibility index (Phi) is 8.81. The van der Waals surface area contributed by atoms with E-state index in [4.69, 9.17) is 25.8 Å². The fourth-order valence-corrected chi connectivity index (χ4v) is 2.94. The van der Waals surface area contributed by atoms with E-state index in [0.717, 1.165) is 0 Å². The zero-order valence-corrected chi connectivity index (χ0v) is 18.8. The van der Waals surface area contributed by atoms with Crippen molar-refractivity contribution in [1.82, 2.24) is 5.43 Å². The lowest BCUT2D eigenvalue weighted by Crippen LogP contribution is -2.24. The lowest BCUT2D eigenvalue weighted by molar-refractivity contribution is -0.123. The van der Waals surface area contributed by atoms with E-state index in [1.807, 2.05) is 0 Å². The molecular weight excluding hydrogens is 465 g/mol. The van der Waals surface area contributed by atoms with Crippen molar-refractivity contribution in [2.45, 2.75) is 0 Å². The molecule has 0 aromatic heterocycles. The van der Waals surface area contributed by atoms with Crippen molar-refractivity contribution in [1.29, 1.82) is 0 Å². The minimum Gasteiger partial charge on any atom is -0.493 e. The molecule has 3 aromatic rings. The molecule has 2 N–H and O–H groups in total. The molecular formula is C24H21ClFN3O5. The fourth-order valence-electron chi connectivity index (χ4n) is 2.70. The Morgan fingerprint density at radius 1 is 0.941 bits per heavy atom. The van der Waals surface area contributed by atoms with Crippen LogP contribution in [0.1, 0.15) is 5.56 Å². The van der Waals surface area contributed by atoms with Gasteiger partial charge in [0.15, 0.2) is 24.7 Å². The van der Waals surface area contributed by atoms with Crippen molar-refractivity contribution in [3.63, 3.8) is 0 Å². The Labute approximate surface area is 200 Å². The standard InChI is InChI=1S/C24H21ClFN3O5/c1-32-21-8-4-5-9-22(21)34-15-24(31)29-27-13-16-10-11-20(17(25)12-16)33-14-23(30)28-19-7-3-2-6-18(19)26/h2-13H,14-15H2,1H3,(H,28,30)(H,29,31)/b27-13+. The monoisotopic (exact) mass is 485 g/mol. The van der Waals surface area contributed by atoms with Gasteiger partial charge < -0.3 is 19.5 Å². The minimum atomic E-state index is -0.545. The Morgan fingerprint density at radius 3 is 2.35 bits per heavy atom. The molecule has 176 valence electrons. The SMILES string of the molecule is COc1ccccc1OCC(=O)N/N=C/c1ccc(OCC(=O)Nc2ccccc2F)c(Cl)c1. The molecule has 0 radical (unpaired) electrons. The van der Waals surface area contributed by atoms with Crippen molar-refractivity contribution >= 4 is 35.3 Å². The number of carbonyl (C=O) groups excluding carboxylic acids is 2. The van der Waals surface area contributed by atoms with Gasteiger partial charge in [-0.05, 0) is 48.0 Å². The summed E-state index contributed by atoms with van der Waals surface area (Å²) in [7, 11) is 1.51. The Morgan fingerprint density at radius 2 is 1.62 bits per heavy atom. The van der Waals surface area contributed by atoms with Crippen molar-refractivity contribution in [3.05, 3.63) is 83.1 Å². The number of para-hydroxylation sites is 3. The summed E-state index contributed by atoms with van der Waals surface area (Å²) in [6.45, 7) is -0.607. The van der Waals surface area contributed by atoms with Crippen LogP contribution in [0.4, 0.5) is 10.1 Å². The number of hydrogen-bond acceptors (Lipinski definition) is 6. The molecule has 0 bridgehead atoms. The van der Waals surface area contributed by atoms with Crippen molar-refractivity contribution in [2.24, 2.45) is 5.10 Å². The van der Waals surface area contributed by atoms with Gasteiger partial charge in [0, 0.05) is 0 Å². The number of anilines is 1. The Balaban J connectivity index is 1.46. The number of amides is 2. The maximum Gasteiger partial charge on any atom is 0.277 e. The normalized spacial score (nSPS) is 10.6. The summed E-state index contributed by atoms with van der Waals surface area (Å²) in [4.78, 5) is 23.9. The summed E-state index contributed by atoms with van der Waals surface area (Å²) in [5, 5.41) is 6.51. The first kappa shape index (κ1) is 24.5. The van der Waals surface area contributed by atoms with Crippen LogP contribution in [-0.4, -0.2) is 38.4 Å². The highest BCUT2D eigenvalue weighted by Gasteiger charge is 2.10. The maximum absolute atomic E-state index is 13.6. The average Bonchev–Trinajstić information content (AvgIpc) is 2.84. The van der Waals surface area contributed by atoms with Gasteiger partial charge in [0.25, 0.3) is 11.8 Å². The number of ether oxygens (including phenoxy) is 3. The summed E-state index contributed by atoms with van der Waals surface area (Å²) in [5.74, 6) is -0.332. The van der Waals surface area contributed by atoms with Crippen LogP contribution < -0.4 is 25.0 Å². The van der Waals surface area contributed by atoms with Crippen LogP contribution in [0.15, 0.2) is 71.8 Å². The van der Waals surface area contributed by atoms with Gasteiger partial charge in [0.2, 0.25) is 0 Å². The lowest BCUT2D eigenvalue weighted by atomic mass is 10.2. The molecule has 0 saturated heterocycles. The molecule has 2 amide bonds. The molecule has 0 unspecified atom stereocenters. The van der Waals surface area contributed by atoms with Crippen LogP contribution in [0.2, 0.25) is 5.02 Å². The predicted molar refractivity (Wildman–Crippen MR) is 126 cm³/mol. The molecule has 0 aliphatic heterocycles. The second-order valence-electron chi connectivity index (χ2n) is 6.74. The first-order valence-corrected chi connectivity index (χ1v) is 10.4. The van der Waals surface area contributed by atoms with Crippen LogP contribution >= 0.6 is 11.6 Å². The van der Waals surface area contributed by atoms with Gasteiger partial charge in [-0.25, -0.2) is 9.82 Å². The number of halogens is 2. The third-order valence-corrected chi connectivity index (χ3v) is 4.59. The fraction of sp³-hybridized carbons (Fsp3) is 0.125. The molecule has 0 fully saturated rings. The molecule has 0 spiro atoms. The summed E-state index contributed by atoms with van der Waals surface area (Å²) >= 11 is 6.19. The van der Waals surface area contributed by atoms with E-state index in [-0.39, 0.29) is 29.7 Å². The number of benzene rings is 3. The molecule has 0 saturated carbocycles. The van der Waals surface area contributed by atoms with E-state index >= 15 is 0 Å². The molecule has 0 aliphatic rings. The number of methoxy groups -OCH3 is 1. The molecule has 0 atom stereocenters. The topological polar surface area (TPSA) is 98.2 Å². The predicted octanol–water partition coefficient (Wildman–Crippen LogP) is 4.03. The third-order valence-electron chi connectivity index (χ3n) is 4.29. The van der Waals surface area contributed by atoms with Gasteiger partial charge in [-0.15, -0.1) is 0 Å². The molecule has 0 heterocycles. The molecule has 3 aromatic carbocycles. The molecule has 3 rings (SSSR count). The van der Waals surface area contributed by atoms with Gasteiger partial charge in [-0.2, -0.15) is 5.10 Å². The minimum absolute atomic E-state index is 0.0594. The van der Waals surface area contributed by atoms with E-state index in [1.54, 1.807) is 48.5 Å².